The number of aromatic nitrogens is 2. The van der Waals surface area contributed by atoms with Crippen LogP contribution in [0.1, 0.15) is 37.6 Å². The standard InChI is InChI=1S/C14H16N2O2S/c1-2-18-13(17)14(6-3-4-7-14)12-16-10-9-15-8-5-11(10)19-12/h5,8-9H,2-4,6-7H2,1H3. The van der Waals surface area contributed by atoms with Crippen molar-refractivity contribution in [2.24, 2.45) is 0 Å². The van der Waals surface area contributed by atoms with Crippen molar-refractivity contribution in [1.82, 2.24) is 9.97 Å². The minimum absolute atomic E-state index is 0.112. The summed E-state index contributed by atoms with van der Waals surface area (Å²) in [6.45, 7) is 2.27. The van der Waals surface area contributed by atoms with Gasteiger partial charge in [-0.15, -0.1) is 11.3 Å². The second-order valence-electron chi connectivity index (χ2n) is 4.87. The first-order valence-corrected chi connectivity index (χ1v) is 7.46. The van der Waals surface area contributed by atoms with E-state index in [0.717, 1.165) is 40.9 Å². The predicted molar refractivity (Wildman–Crippen MR) is 74.2 cm³/mol. The van der Waals surface area contributed by atoms with E-state index in [-0.39, 0.29) is 5.97 Å². The molecule has 2 heterocycles. The van der Waals surface area contributed by atoms with Crippen LogP contribution in [0.15, 0.2) is 18.5 Å². The third-order valence-electron chi connectivity index (χ3n) is 3.72. The molecular weight excluding hydrogens is 260 g/mol. The molecule has 0 aromatic carbocycles. The summed E-state index contributed by atoms with van der Waals surface area (Å²) in [4.78, 5) is 21.1. The Hall–Kier alpha value is -1.49. The van der Waals surface area contributed by atoms with Gasteiger partial charge in [-0.2, -0.15) is 0 Å². The molecular formula is C14H16N2O2S. The lowest BCUT2D eigenvalue weighted by Crippen LogP contribution is -2.34. The average molecular weight is 276 g/mol. The van der Waals surface area contributed by atoms with E-state index >= 15 is 0 Å². The lowest BCUT2D eigenvalue weighted by molar-refractivity contribution is -0.150. The van der Waals surface area contributed by atoms with E-state index in [0.29, 0.717) is 6.61 Å². The predicted octanol–water partition coefficient (Wildman–Crippen LogP) is 3.07. The summed E-state index contributed by atoms with van der Waals surface area (Å²) in [5, 5.41) is 0.895. The fourth-order valence-electron chi connectivity index (χ4n) is 2.74. The Morgan fingerprint density at radius 1 is 1.47 bits per heavy atom. The van der Waals surface area contributed by atoms with Gasteiger partial charge >= 0.3 is 5.97 Å². The highest BCUT2D eigenvalue weighted by Crippen LogP contribution is 2.44. The van der Waals surface area contributed by atoms with Crippen LogP contribution in [0.25, 0.3) is 10.2 Å². The Morgan fingerprint density at radius 2 is 2.26 bits per heavy atom. The largest absolute Gasteiger partial charge is 0.465 e. The van der Waals surface area contributed by atoms with Gasteiger partial charge in [0.1, 0.15) is 10.4 Å². The minimum Gasteiger partial charge on any atom is -0.465 e. The Morgan fingerprint density at radius 3 is 2.95 bits per heavy atom. The highest BCUT2D eigenvalue weighted by Gasteiger charge is 2.46. The third-order valence-corrected chi connectivity index (χ3v) is 4.96. The number of fused-ring (bicyclic) bond motifs is 1. The highest BCUT2D eigenvalue weighted by molar-refractivity contribution is 7.18. The van der Waals surface area contributed by atoms with Crippen molar-refractivity contribution in [2.75, 3.05) is 6.61 Å². The summed E-state index contributed by atoms with van der Waals surface area (Å²) in [6, 6.07) is 1.95. The van der Waals surface area contributed by atoms with Crippen LogP contribution in [0.2, 0.25) is 0 Å². The van der Waals surface area contributed by atoms with E-state index in [4.69, 9.17) is 4.74 Å². The summed E-state index contributed by atoms with van der Waals surface area (Å²) >= 11 is 1.60. The molecule has 0 atom stereocenters. The monoisotopic (exact) mass is 276 g/mol. The number of rotatable bonds is 3. The zero-order chi connectivity index (χ0) is 13.3. The van der Waals surface area contributed by atoms with Gasteiger partial charge in [0.15, 0.2) is 0 Å². The first-order valence-electron chi connectivity index (χ1n) is 6.64. The molecule has 19 heavy (non-hydrogen) atoms. The van der Waals surface area contributed by atoms with Gasteiger partial charge < -0.3 is 4.74 Å². The normalized spacial score (nSPS) is 17.7. The van der Waals surface area contributed by atoms with Crippen molar-refractivity contribution in [3.63, 3.8) is 0 Å². The molecule has 0 saturated heterocycles. The first-order chi connectivity index (χ1) is 9.26. The summed E-state index contributed by atoms with van der Waals surface area (Å²) in [6.07, 6.45) is 7.33. The van der Waals surface area contributed by atoms with Crippen molar-refractivity contribution in [3.8, 4) is 0 Å². The Kier molecular flexibility index (Phi) is 3.22. The van der Waals surface area contributed by atoms with Gasteiger partial charge in [-0.05, 0) is 25.8 Å². The maximum Gasteiger partial charge on any atom is 0.319 e. The number of ether oxygens (including phenoxy) is 1. The molecule has 0 spiro atoms. The molecule has 4 nitrogen and oxygen atoms in total. The molecule has 2 aromatic rings. The van der Waals surface area contributed by atoms with Crippen LogP contribution >= 0.6 is 11.3 Å². The van der Waals surface area contributed by atoms with Crippen LogP contribution in [0, 0.1) is 0 Å². The fourth-order valence-corrected chi connectivity index (χ4v) is 3.90. The number of carbonyl (C=O) groups excluding carboxylic acids is 1. The van der Waals surface area contributed by atoms with E-state index < -0.39 is 5.41 Å². The molecule has 0 unspecified atom stereocenters. The molecule has 3 rings (SSSR count). The molecule has 1 aliphatic rings. The number of carbonyl (C=O) groups is 1. The van der Waals surface area contributed by atoms with Gasteiger partial charge in [0.2, 0.25) is 0 Å². The summed E-state index contributed by atoms with van der Waals surface area (Å²) in [7, 11) is 0. The number of hydrogen-bond acceptors (Lipinski definition) is 5. The topological polar surface area (TPSA) is 52.1 Å². The number of pyridine rings is 1. The van der Waals surface area contributed by atoms with Gasteiger partial charge in [0, 0.05) is 6.20 Å². The van der Waals surface area contributed by atoms with Gasteiger partial charge in [-0.1, -0.05) is 12.8 Å². The van der Waals surface area contributed by atoms with Gasteiger partial charge in [-0.25, -0.2) is 4.98 Å². The highest BCUT2D eigenvalue weighted by atomic mass is 32.1. The van der Waals surface area contributed by atoms with E-state index in [1.54, 1.807) is 23.7 Å². The van der Waals surface area contributed by atoms with E-state index in [9.17, 15) is 4.79 Å². The maximum absolute atomic E-state index is 12.4. The number of esters is 1. The van der Waals surface area contributed by atoms with Crippen LogP contribution in [0.5, 0.6) is 0 Å². The van der Waals surface area contributed by atoms with Crippen molar-refractivity contribution < 1.29 is 9.53 Å². The SMILES string of the molecule is CCOC(=O)C1(c2nc3cnccc3s2)CCCC1. The number of hydrogen-bond donors (Lipinski definition) is 0. The van der Waals surface area contributed by atoms with E-state index in [1.807, 2.05) is 13.0 Å². The van der Waals surface area contributed by atoms with Crippen LogP contribution in [-0.2, 0) is 14.9 Å². The molecule has 0 aliphatic heterocycles. The van der Waals surface area contributed by atoms with Crippen molar-refractivity contribution in [1.29, 1.82) is 0 Å². The van der Waals surface area contributed by atoms with Gasteiger partial charge in [0.05, 0.1) is 23.0 Å². The smallest absolute Gasteiger partial charge is 0.319 e. The summed E-state index contributed by atoms with van der Waals surface area (Å²) < 4.78 is 6.38. The van der Waals surface area contributed by atoms with Crippen molar-refractivity contribution in [2.45, 2.75) is 38.0 Å². The molecule has 0 bridgehead atoms. The fraction of sp³-hybridized carbons (Fsp3) is 0.500. The molecule has 0 radical (unpaired) electrons. The maximum atomic E-state index is 12.4. The number of thiazole rings is 1. The molecule has 0 amide bonds. The lowest BCUT2D eigenvalue weighted by Gasteiger charge is -2.23. The van der Waals surface area contributed by atoms with E-state index in [2.05, 4.69) is 9.97 Å². The minimum atomic E-state index is -0.514. The summed E-state index contributed by atoms with van der Waals surface area (Å²) in [5.41, 5.74) is 0.359. The number of nitrogens with zero attached hydrogens (tertiary/aromatic N) is 2. The van der Waals surface area contributed by atoms with Crippen molar-refractivity contribution >= 4 is 27.5 Å². The molecule has 1 fully saturated rings. The molecule has 100 valence electrons. The van der Waals surface area contributed by atoms with Crippen LogP contribution in [0.3, 0.4) is 0 Å². The molecule has 1 saturated carbocycles. The lowest BCUT2D eigenvalue weighted by atomic mass is 9.87. The van der Waals surface area contributed by atoms with Gasteiger partial charge in [-0.3, -0.25) is 9.78 Å². The Labute approximate surface area is 115 Å². The molecule has 1 aliphatic carbocycles. The van der Waals surface area contributed by atoms with Crippen LogP contribution in [0.4, 0.5) is 0 Å². The zero-order valence-electron chi connectivity index (χ0n) is 10.9. The van der Waals surface area contributed by atoms with Gasteiger partial charge in [0.25, 0.3) is 0 Å². The van der Waals surface area contributed by atoms with E-state index in [1.165, 1.54) is 0 Å². The zero-order valence-corrected chi connectivity index (χ0v) is 11.7. The Balaban J connectivity index is 2.06. The molecule has 5 heteroatoms. The van der Waals surface area contributed by atoms with Crippen LogP contribution < -0.4 is 0 Å². The summed E-state index contributed by atoms with van der Waals surface area (Å²) in [5.74, 6) is -0.112. The second-order valence-corrected chi connectivity index (χ2v) is 5.90. The quantitative estimate of drug-likeness (QED) is 0.808. The van der Waals surface area contributed by atoms with Crippen molar-refractivity contribution in [3.05, 3.63) is 23.5 Å². The molecule has 2 aromatic heterocycles. The average Bonchev–Trinajstić information content (AvgIpc) is 3.06. The Bertz CT molecular complexity index is 569. The van der Waals surface area contributed by atoms with Crippen LogP contribution in [-0.4, -0.2) is 22.5 Å². The first kappa shape index (κ1) is 12.5. The second kappa shape index (κ2) is 4.89. The molecule has 0 N–H and O–H groups in total. The third kappa shape index (κ3) is 2.02.